The molecule has 2 nitrogen and oxygen atoms in total. The SMILES string of the molecule is C=C/C=C\C=C.COC=O.FC1CC1c1ccc(Br)cc1. The van der Waals surface area contributed by atoms with Crippen molar-refractivity contribution in [3.63, 3.8) is 0 Å². The fourth-order valence-corrected chi connectivity index (χ4v) is 1.64. The van der Waals surface area contributed by atoms with E-state index in [9.17, 15) is 4.39 Å². The summed E-state index contributed by atoms with van der Waals surface area (Å²) in [6.45, 7) is 7.30. The molecule has 114 valence electrons. The summed E-state index contributed by atoms with van der Waals surface area (Å²) in [7, 11) is 1.31. The minimum absolute atomic E-state index is 0.183. The van der Waals surface area contributed by atoms with Crippen LogP contribution in [0, 0.1) is 0 Å². The minimum Gasteiger partial charge on any atom is -0.471 e. The summed E-state index contributed by atoms with van der Waals surface area (Å²) in [5.74, 6) is 0.183. The molecule has 1 aromatic rings. The normalized spacial score (nSPS) is 18.4. The van der Waals surface area contributed by atoms with E-state index in [1.165, 1.54) is 7.11 Å². The molecule has 0 bridgehead atoms. The Hall–Kier alpha value is -1.68. The lowest BCUT2D eigenvalue weighted by Gasteiger charge is -1.95. The summed E-state index contributed by atoms with van der Waals surface area (Å²) >= 11 is 3.34. The Bertz CT molecular complexity index is 444. The number of methoxy groups -OCH3 is 1. The van der Waals surface area contributed by atoms with Gasteiger partial charge in [-0.25, -0.2) is 4.39 Å². The standard InChI is InChI=1S/C9H8BrF.C6H8.C2H4O2/c10-7-3-1-6(2-4-7)8-5-9(8)11;1-3-5-6-4-2;1-4-2-3/h1-4,8-9H,5H2;3-6H,1-2H2;2H,1H3/b;6-5-;. The van der Waals surface area contributed by atoms with E-state index >= 15 is 0 Å². The molecule has 0 aromatic heterocycles. The van der Waals surface area contributed by atoms with Crippen molar-refractivity contribution in [1.29, 1.82) is 0 Å². The molecule has 1 aromatic carbocycles. The van der Waals surface area contributed by atoms with Gasteiger partial charge in [-0.05, 0) is 24.1 Å². The quantitative estimate of drug-likeness (QED) is 0.563. The third-order valence-electron chi connectivity index (χ3n) is 2.49. The predicted octanol–water partition coefficient (Wildman–Crippen LogP) is 4.98. The lowest BCUT2D eigenvalue weighted by molar-refractivity contribution is -0.126. The van der Waals surface area contributed by atoms with Crippen LogP contribution in [0.4, 0.5) is 4.39 Å². The van der Waals surface area contributed by atoms with E-state index in [0.717, 1.165) is 10.0 Å². The first-order valence-electron chi connectivity index (χ1n) is 6.36. The second-order valence-corrected chi connectivity index (χ2v) is 5.01. The highest BCUT2D eigenvalue weighted by atomic mass is 79.9. The van der Waals surface area contributed by atoms with E-state index in [1.54, 1.807) is 12.2 Å². The Labute approximate surface area is 134 Å². The average Bonchev–Trinajstić information content (AvgIpc) is 3.23. The molecule has 0 radical (unpaired) electrons. The maximum atomic E-state index is 12.6. The van der Waals surface area contributed by atoms with Gasteiger partial charge in [0.05, 0.1) is 7.11 Å². The third-order valence-corrected chi connectivity index (χ3v) is 3.02. The van der Waals surface area contributed by atoms with Gasteiger partial charge in [0.15, 0.2) is 0 Å². The minimum atomic E-state index is -0.587. The number of allylic oxidation sites excluding steroid dienone is 4. The van der Waals surface area contributed by atoms with Crippen LogP contribution < -0.4 is 0 Å². The largest absolute Gasteiger partial charge is 0.471 e. The fourth-order valence-electron chi connectivity index (χ4n) is 1.38. The average molecular weight is 355 g/mol. The predicted molar refractivity (Wildman–Crippen MR) is 89.0 cm³/mol. The van der Waals surface area contributed by atoms with E-state index in [1.807, 2.05) is 36.4 Å². The molecule has 0 N–H and O–H groups in total. The van der Waals surface area contributed by atoms with Crippen LogP contribution in [-0.4, -0.2) is 19.8 Å². The van der Waals surface area contributed by atoms with Gasteiger partial charge in [-0.1, -0.05) is 65.5 Å². The second kappa shape index (κ2) is 12.1. The van der Waals surface area contributed by atoms with Crippen LogP contribution in [0.2, 0.25) is 0 Å². The molecule has 1 aliphatic rings. The molecule has 0 heterocycles. The summed E-state index contributed by atoms with van der Waals surface area (Å²) < 4.78 is 17.5. The van der Waals surface area contributed by atoms with Gasteiger partial charge in [0.25, 0.3) is 6.47 Å². The van der Waals surface area contributed by atoms with Crippen molar-refractivity contribution in [2.75, 3.05) is 7.11 Å². The molecule has 0 spiro atoms. The molecule has 1 aliphatic carbocycles. The van der Waals surface area contributed by atoms with Gasteiger partial charge in [-0.15, -0.1) is 0 Å². The lowest BCUT2D eigenvalue weighted by Crippen LogP contribution is -1.80. The van der Waals surface area contributed by atoms with Crippen LogP contribution in [0.1, 0.15) is 17.9 Å². The van der Waals surface area contributed by atoms with Crippen molar-refractivity contribution in [3.05, 3.63) is 71.8 Å². The van der Waals surface area contributed by atoms with Crippen LogP contribution in [0.3, 0.4) is 0 Å². The van der Waals surface area contributed by atoms with Crippen molar-refractivity contribution >= 4 is 22.4 Å². The molecule has 21 heavy (non-hydrogen) atoms. The maximum absolute atomic E-state index is 12.6. The number of rotatable bonds is 4. The highest BCUT2D eigenvalue weighted by Gasteiger charge is 2.38. The molecule has 4 heteroatoms. The number of carbonyl (C=O) groups excluding carboxylic acids is 1. The number of ether oxygens (including phenoxy) is 1. The molecule has 1 saturated carbocycles. The van der Waals surface area contributed by atoms with E-state index in [2.05, 4.69) is 33.8 Å². The first kappa shape index (κ1) is 19.3. The molecule has 2 rings (SSSR count). The second-order valence-electron chi connectivity index (χ2n) is 4.10. The van der Waals surface area contributed by atoms with Crippen molar-refractivity contribution in [2.45, 2.75) is 18.5 Å². The summed E-state index contributed by atoms with van der Waals surface area (Å²) in [5, 5.41) is 0. The molecule has 0 amide bonds. The number of carbonyl (C=O) groups is 1. The van der Waals surface area contributed by atoms with Crippen molar-refractivity contribution in [3.8, 4) is 0 Å². The molecular weight excluding hydrogens is 335 g/mol. The third kappa shape index (κ3) is 9.79. The summed E-state index contributed by atoms with van der Waals surface area (Å²) in [5.41, 5.74) is 1.13. The first-order valence-corrected chi connectivity index (χ1v) is 7.16. The van der Waals surface area contributed by atoms with Gasteiger partial charge in [0.1, 0.15) is 6.17 Å². The monoisotopic (exact) mass is 354 g/mol. The fraction of sp³-hybridized carbons (Fsp3) is 0.235. The molecule has 2 atom stereocenters. The van der Waals surface area contributed by atoms with Gasteiger partial charge in [0.2, 0.25) is 0 Å². The van der Waals surface area contributed by atoms with Crippen LogP contribution in [0.5, 0.6) is 0 Å². The number of hydrogen-bond donors (Lipinski definition) is 0. The number of halogens is 2. The highest BCUT2D eigenvalue weighted by molar-refractivity contribution is 9.10. The zero-order valence-electron chi connectivity index (χ0n) is 12.0. The molecular formula is C17H20BrFO2. The summed E-state index contributed by atoms with van der Waals surface area (Å²) in [6.07, 6.45) is 7.20. The van der Waals surface area contributed by atoms with E-state index in [4.69, 9.17) is 4.79 Å². The van der Waals surface area contributed by atoms with Crippen LogP contribution in [0.15, 0.2) is 66.2 Å². The van der Waals surface area contributed by atoms with Gasteiger partial charge < -0.3 is 4.74 Å². The van der Waals surface area contributed by atoms with Crippen molar-refractivity contribution < 1.29 is 13.9 Å². The van der Waals surface area contributed by atoms with Gasteiger partial charge >= 0.3 is 0 Å². The van der Waals surface area contributed by atoms with Crippen LogP contribution in [-0.2, 0) is 9.53 Å². The van der Waals surface area contributed by atoms with Crippen molar-refractivity contribution in [2.24, 2.45) is 0 Å². The Balaban J connectivity index is 0.000000342. The molecule has 2 unspecified atom stereocenters. The van der Waals surface area contributed by atoms with E-state index in [-0.39, 0.29) is 5.92 Å². The van der Waals surface area contributed by atoms with Crippen molar-refractivity contribution in [1.82, 2.24) is 0 Å². The van der Waals surface area contributed by atoms with Crippen LogP contribution in [0.25, 0.3) is 0 Å². The number of benzene rings is 1. The highest BCUT2D eigenvalue weighted by Crippen LogP contribution is 2.43. The van der Waals surface area contributed by atoms with Gasteiger partial charge in [-0.2, -0.15) is 0 Å². The Morgan fingerprint density at radius 1 is 1.24 bits per heavy atom. The summed E-state index contributed by atoms with van der Waals surface area (Å²) in [4.78, 5) is 8.95. The smallest absolute Gasteiger partial charge is 0.292 e. The topological polar surface area (TPSA) is 26.3 Å². The van der Waals surface area contributed by atoms with E-state index < -0.39 is 6.17 Å². The molecule has 1 fully saturated rings. The molecule has 0 saturated heterocycles. The van der Waals surface area contributed by atoms with Gasteiger partial charge in [0, 0.05) is 10.4 Å². The zero-order valence-corrected chi connectivity index (χ0v) is 13.6. The molecule has 0 aliphatic heterocycles. The van der Waals surface area contributed by atoms with Gasteiger partial charge in [-0.3, -0.25) is 4.79 Å². The Morgan fingerprint density at radius 3 is 1.95 bits per heavy atom. The van der Waals surface area contributed by atoms with Crippen LogP contribution >= 0.6 is 15.9 Å². The number of hydrogen-bond acceptors (Lipinski definition) is 2. The van der Waals surface area contributed by atoms with E-state index in [0.29, 0.717) is 12.9 Å². The number of alkyl halides is 1. The zero-order chi connectivity index (χ0) is 16.1. The lowest BCUT2D eigenvalue weighted by atomic mass is 10.1. The Morgan fingerprint density at radius 2 is 1.67 bits per heavy atom. The summed E-state index contributed by atoms with van der Waals surface area (Å²) in [6, 6.07) is 7.88. The Kier molecular flexibility index (Phi) is 11.1. The maximum Gasteiger partial charge on any atom is 0.292 e. The first-order chi connectivity index (χ1) is 10.1.